The van der Waals surface area contributed by atoms with Gasteiger partial charge < -0.3 is 19.6 Å². The van der Waals surface area contributed by atoms with E-state index in [2.05, 4.69) is 0 Å². The van der Waals surface area contributed by atoms with E-state index in [0.29, 0.717) is 31.4 Å². The highest BCUT2D eigenvalue weighted by molar-refractivity contribution is 7.45. The van der Waals surface area contributed by atoms with Gasteiger partial charge in [-0.15, -0.1) is 0 Å². The Hall–Kier alpha value is -1.42. The molecule has 0 atom stereocenters. The summed E-state index contributed by atoms with van der Waals surface area (Å²) in [5.74, 6) is -0.450. The minimum Gasteiger partial charge on any atom is -0.507 e. The van der Waals surface area contributed by atoms with Gasteiger partial charge in [-0.05, 0) is 42.9 Å². The second-order valence-corrected chi connectivity index (χ2v) is 7.03. The number of cyclic esters (lactones) is 1. The summed E-state index contributed by atoms with van der Waals surface area (Å²) in [6.45, 7) is 6.33. The summed E-state index contributed by atoms with van der Waals surface area (Å²) in [4.78, 5) is 30.5. The van der Waals surface area contributed by atoms with E-state index in [9.17, 15) is 19.7 Å². The van der Waals surface area contributed by atoms with Gasteiger partial charge in [0.05, 0.1) is 6.61 Å². The van der Waals surface area contributed by atoms with Crippen molar-refractivity contribution in [2.45, 2.75) is 46.5 Å². The van der Waals surface area contributed by atoms with Crippen molar-refractivity contribution in [1.82, 2.24) is 0 Å². The van der Waals surface area contributed by atoms with Crippen LogP contribution in [0.5, 0.6) is 5.75 Å². The number of benzene rings is 1. The number of allylic oxidation sites excluding steroid dienone is 2. The van der Waals surface area contributed by atoms with E-state index in [0.717, 1.165) is 34.2 Å². The molecule has 0 spiro atoms. The molecular formula is C18H25O5P. The fourth-order valence-electron chi connectivity index (χ4n) is 3.33. The minimum absolute atomic E-state index is 0.0131. The van der Waals surface area contributed by atoms with Crippen molar-refractivity contribution in [3.05, 3.63) is 39.5 Å². The fraction of sp³-hybridized carbons (Fsp3) is 0.500. The molecule has 132 valence electrons. The number of aromatic hydroxyl groups is 1. The van der Waals surface area contributed by atoms with E-state index in [4.69, 9.17) is 4.74 Å². The number of hydrogen-bond acceptors (Lipinski definition) is 5. The minimum atomic E-state index is -1.97. The molecule has 0 bridgehead atoms. The zero-order valence-electron chi connectivity index (χ0n) is 14.4. The van der Waals surface area contributed by atoms with Gasteiger partial charge in [0.1, 0.15) is 11.3 Å². The average Bonchev–Trinajstić information content (AvgIpc) is 2.54. The number of ether oxygens (including phenoxy) is 1. The molecule has 24 heavy (non-hydrogen) atoms. The van der Waals surface area contributed by atoms with E-state index in [-0.39, 0.29) is 11.9 Å². The Morgan fingerprint density at radius 3 is 2.58 bits per heavy atom. The van der Waals surface area contributed by atoms with Crippen LogP contribution in [0.1, 0.15) is 52.9 Å². The Labute approximate surface area is 143 Å². The summed E-state index contributed by atoms with van der Waals surface area (Å²) in [5.41, 5.74) is 4.96. The van der Waals surface area contributed by atoms with Crippen LogP contribution in [-0.4, -0.2) is 33.6 Å². The van der Waals surface area contributed by atoms with Crippen LogP contribution in [0.3, 0.4) is 0 Å². The van der Waals surface area contributed by atoms with Crippen molar-refractivity contribution in [3.63, 3.8) is 0 Å². The molecule has 6 heteroatoms. The molecule has 0 radical (unpaired) electrons. The molecule has 0 saturated heterocycles. The third-order valence-corrected chi connectivity index (χ3v) is 5.32. The van der Waals surface area contributed by atoms with Crippen LogP contribution in [0.4, 0.5) is 0 Å². The second kappa shape index (κ2) is 8.11. The topological polar surface area (TPSA) is 87.0 Å². The van der Waals surface area contributed by atoms with Crippen molar-refractivity contribution < 1.29 is 24.4 Å². The van der Waals surface area contributed by atoms with Crippen LogP contribution in [0.15, 0.2) is 11.6 Å². The number of esters is 1. The third kappa shape index (κ3) is 3.80. The molecule has 0 unspecified atom stereocenters. The highest BCUT2D eigenvalue weighted by Crippen LogP contribution is 2.37. The SMILES string of the molecule is CC/C(=C\Cc1c(O)c2c(c(C)c1CC)CCOC2=O)CP(O)O. The molecule has 0 fully saturated rings. The van der Waals surface area contributed by atoms with Crippen molar-refractivity contribution in [1.29, 1.82) is 0 Å². The van der Waals surface area contributed by atoms with E-state index >= 15 is 0 Å². The summed E-state index contributed by atoms with van der Waals surface area (Å²) >= 11 is 0. The maximum absolute atomic E-state index is 12.1. The average molecular weight is 352 g/mol. The molecule has 0 aliphatic carbocycles. The van der Waals surface area contributed by atoms with Gasteiger partial charge in [0.2, 0.25) is 0 Å². The first kappa shape index (κ1) is 18.9. The lowest BCUT2D eigenvalue weighted by molar-refractivity contribution is 0.0475. The summed E-state index contributed by atoms with van der Waals surface area (Å²) < 4.78 is 5.09. The zero-order valence-corrected chi connectivity index (χ0v) is 15.3. The van der Waals surface area contributed by atoms with Gasteiger partial charge in [0.25, 0.3) is 0 Å². The Bertz CT molecular complexity index is 664. The monoisotopic (exact) mass is 352 g/mol. The summed E-state index contributed by atoms with van der Waals surface area (Å²) in [6, 6.07) is 0. The summed E-state index contributed by atoms with van der Waals surface area (Å²) in [6.07, 6.45) is 4.75. The molecule has 1 aromatic rings. The first-order valence-electron chi connectivity index (χ1n) is 8.27. The number of phenolic OH excluding ortho intramolecular Hbond substituents is 1. The summed E-state index contributed by atoms with van der Waals surface area (Å²) in [5, 5.41) is 10.7. The fourth-order valence-corrected chi connectivity index (χ4v) is 4.05. The van der Waals surface area contributed by atoms with E-state index in [1.165, 1.54) is 0 Å². The quantitative estimate of drug-likeness (QED) is 0.416. The molecule has 0 saturated carbocycles. The predicted octanol–water partition coefficient (Wildman–Crippen LogP) is 3.15. The Kier molecular flexibility index (Phi) is 6.39. The van der Waals surface area contributed by atoms with Gasteiger partial charge in [-0.2, -0.15) is 0 Å². The number of hydrogen-bond donors (Lipinski definition) is 3. The lowest BCUT2D eigenvalue weighted by Crippen LogP contribution is -2.21. The Morgan fingerprint density at radius 1 is 1.29 bits per heavy atom. The molecule has 1 aliphatic heterocycles. The first-order chi connectivity index (χ1) is 11.4. The number of phenols is 1. The highest BCUT2D eigenvalue weighted by atomic mass is 31.2. The lowest BCUT2D eigenvalue weighted by Gasteiger charge is -2.24. The molecule has 0 amide bonds. The number of carbonyl (C=O) groups is 1. The van der Waals surface area contributed by atoms with Crippen LogP contribution in [0, 0.1) is 6.92 Å². The van der Waals surface area contributed by atoms with Crippen LogP contribution < -0.4 is 0 Å². The van der Waals surface area contributed by atoms with Gasteiger partial charge >= 0.3 is 5.97 Å². The highest BCUT2D eigenvalue weighted by Gasteiger charge is 2.28. The first-order valence-corrected chi connectivity index (χ1v) is 9.70. The van der Waals surface area contributed by atoms with Crippen molar-refractivity contribution >= 4 is 14.3 Å². The number of fused-ring (bicyclic) bond motifs is 1. The third-order valence-electron chi connectivity index (χ3n) is 4.63. The van der Waals surface area contributed by atoms with E-state index in [1.54, 1.807) is 0 Å². The van der Waals surface area contributed by atoms with Crippen LogP contribution >= 0.6 is 8.38 Å². The van der Waals surface area contributed by atoms with Gasteiger partial charge in [-0.1, -0.05) is 25.5 Å². The maximum atomic E-state index is 12.1. The zero-order chi connectivity index (χ0) is 17.9. The largest absolute Gasteiger partial charge is 0.507 e. The molecular weight excluding hydrogens is 327 g/mol. The van der Waals surface area contributed by atoms with Crippen LogP contribution in [0.25, 0.3) is 0 Å². The smallest absolute Gasteiger partial charge is 0.342 e. The van der Waals surface area contributed by atoms with Crippen molar-refractivity contribution in [2.75, 3.05) is 12.8 Å². The summed E-state index contributed by atoms with van der Waals surface area (Å²) in [7, 11) is -1.97. The maximum Gasteiger partial charge on any atom is 0.342 e. The Balaban J connectivity index is 2.49. The van der Waals surface area contributed by atoms with Crippen LogP contribution in [-0.2, 0) is 24.0 Å². The molecule has 5 nitrogen and oxygen atoms in total. The lowest BCUT2D eigenvalue weighted by atomic mass is 9.86. The van der Waals surface area contributed by atoms with E-state index < -0.39 is 14.3 Å². The van der Waals surface area contributed by atoms with Crippen molar-refractivity contribution in [3.8, 4) is 5.75 Å². The standard InChI is InChI=1S/C18H25O5P/c1-4-12(10-24(21)22)6-7-15-13(5-2)11(3)14-8-9-23-18(20)16(14)17(15)19/h6,19,21-22H,4-5,7-10H2,1-3H3/b12-6+. The molecule has 2 rings (SSSR count). The van der Waals surface area contributed by atoms with Gasteiger partial charge in [-0.25, -0.2) is 4.79 Å². The van der Waals surface area contributed by atoms with Gasteiger partial charge in [0, 0.05) is 18.1 Å². The normalized spacial score (nSPS) is 14.8. The predicted molar refractivity (Wildman–Crippen MR) is 94.5 cm³/mol. The van der Waals surface area contributed by atoms with Crippen LogP contribution in [0.2, 0.25) is 0 Å². The van der Waals surface area contributed by atoms with Gasteiger partial charge in [0.15, 0.2) is 8.38 Å². The molecule has 1 heterocycles. The Morgan fingerprint density at radius 2 is 2.00 bits per heavy atom. The van der Waals surface area contributed by atoms with Gasteiger partial charge in [-0.3, -0.25) is 0 Å². The van der Waals surface area contributed by atoms with E-state index in [1.807, 2.05) is 26.8 Å². The molecule has 3 N–H and O–H groups in total. The number of carbonyl (C=O) groups excluding carboxylic acids is 1. The second-order valence-electron chi connectivity index (χ2n) is 5.97. The van der Waals surface area contributed by atoms with Crippen molar-refractivity contribution in [2.24, 2.45) is 0 Å². The molecule has 0 aromatic heterocycles. The molecule has 1 aromatic carbocycles. The molecule has 1 aliphatic rings. The number of rotatable bonds is 6.